The largest absolute Gasteiger partial charge is 0.393 e. The molecule has 2 aromatic heterocycles. The number of nitrogens with zero attached hydrogens (tertiary/aromatic N) is 2. The molecule has 2 heterocycles. The number of rotatable bonds is 7. The highest BCUT2D eigenvalue weighted by Gasteiger charge is 2.84. The molecule has 34 heavy (non-hydrogen) atoms. The van der Waals surface area contributed by atoms with Gasteiger partial charge in [-0.25, -0.2) is 9.97 Å². The Morgan fingerprint density at radius 1 is 0.588 bits per heavy atom. The van der Waals surface area contributed by atoms with Gasteiger partial charge in [-0.3, -0.25) is 9.59 Å². The van der Waals surface area contributed by atoms with E-state index in [-0.39, 0.29) is 0 Å². The van der Waals surface area contributed by atoms with Gasteiger partial charge in [0.05, 0.1) is 0 Å². The van der Waals surface area contributed by atoms with E-state index in [1.165, 1.54) is 0 Å². The van der Waals surface area contributed by atoms with Crippen LogP contribution in [0, 0.1) is 0 Å². The molecule has 6 nitrogen and oxygen atoms in total. The molecule has 2 amide bonds. The van der Waals surface area contributed by atoms with Gasteiger partial charge in [0.1, 0.15) is 20.6 Å². The van der Waals surface area contributed by atoms with E-state index >= 15 is 0 Å². The van der Waals surface area contributed by atoms with Crippen molar-refractivity contribution in [3.05, 3.63) is 44.9 Å². The van der Waals surface area contributed by atoms with Crippen LogP contribution in [0.4, 0.5) is 46.5 Å². The molecule has 0 aliphatic carbocycles. The maximum Gasteiger partial charge on any atom is 0.393 e. The zero-order valence-corrected chi connectivity index (χ0v) is 18.6. The van der Waals surface area contributed by atoms with Crippen molar-refractivity contribution < 1.29 is 44.7 Å². The summed E-state index contributed by atoms with van der Waals surface area (Å²) in [6.45, 7) is 0. The molecule has 0 aliphatic heterocycles. The molecule has 18 heteroatoms. The van der Waals surface area contributed by atoms with Gasteiger partial charge in [-0.05, 0) is 24.3 Å². The summed E-state index contributed by atoms with van der Waals surface area (Å²) >= 11 is 21.7. The minimum Gasteiger partial charge on any atom is -0.320 e. The summed E-state index contributed by atoms with van der Waals surface area (Å²) in [6.07, 6.45) is 0. The summed E-state index contributed by atoms with van der Waals surface area (Å²) in [7, 11) is 0. The van der Waals surface area contributed by atoms with E-state index < -0.39 is 67.5 Å². The van der Waals surface area contributed by atoms with Gasteiger partial charge in [0.2, 0.25) is 0 Å². The third-order valence-electron chi connectivity index (χ3n) is 3.79. The van der Waals surface area contributed by atoms with Crippen LogP contribution >= 0.6 is 46.4 Å². The fourth-order valence-corrected chi connectivity index (χ4v) is 3.09. The van der Waals surface area contributed by atoms with Crippen LogP contribution < -0.4 is 10.6 Å². The Kier molecular flexibility index (Phi) is 7.82. The second kappa shape index (κ2) is 9.47. The Hall–Kier alpha value is -2.16. The van der Waals surface area contributed by atoms with Gasteiger partial charge in [-0.2, -0.15) is 35.1 Å². The molecule has 0 aliphatic rings. The standard InChI is InChI=1S/C16H6Cl4F8N4O2/c17-7-1-5(2-8(18)31-7)29-11(33)13(21,22)15(25,26)16(27,28)14(23,24)12(34)30-6-3-9(19)32-10(20)4-6/h1-4H,(H,29,31,33)(H,30,32,34). The number of amides is 2. The minimum atomic E-state index is -7.10. The molecule has 2 N–H and O–H groups in total. The number of hydrogen-bond acceptors (Lipinski definition) is 4. The molecule has 0 saturated heterocycles. The number of aromatic nitrogens is 2. The minimum absolute atomic E-state index is 0.525. The van der Waals surface area contributed by atoms with Crippen LogP contribution in [0.3, 0.4) is 0 Å². The van der Waals surface area contributed by atoms with Crippen molar-refractivity contribution in [1.82, 2.24) is 9.97 Å². The van der Waals surface area contributed by atoms with Crippen LogP contribution in [0.25, 0.3) is 0 Å². The Balaban J connectivity index is 2.36. The smallest absolute Gasteiger partial charge is 0.320 e. The van der Waals surface area contributed by atoms with Crippen molar-refractivity contribution >= 4 is 69.6 Å². The highest BCUT2D eigenvalue weighted by atomic mass is 35.5. The number of pyridine rings is 2. The molecule has 2 rings (SSSR count). The first kappa shape index (κ1) is 28.1. The van der Waals surface area contributed by atoms with Crippen LogP contribution in [0.1, 0.15) is 0 Å². The first-order chi connectivity index (χ1) is 15.3. The van der Waals surface area contributed by atoms with Crippen molar-refractivity contribution in [3.8, 4) is 0 Å². The molecule has 0 radical (unpaired) electrons. The second-order valence-electron chi connectivity index (χ2n) is 6.21. The Morgan fingerprint density at radius 2 is 0.824 bits per heavy atom. The summed E-state index contributed by atoms with van der Waals surface area (Å²) in [5.74, 6) is -33.4. The predicted molar refractivity (Wildman–Crippen MR) is 106 cm³/mol. The molecule has 0 atom stereocenters. The van der Waals surface area contributed by atoms with Gasteiger partial charge in [-0.15, -0.1) is 0 Å². The lowest BCUT2D eigenvalue weighted by molar-refractivity contribution is -0.345. The molecule has 0 bridgehead atoms. The number of carbonyl (C=O) groups excluding carboxylic acids is 2. The van der Waals surface area contributed by atoms with Gasteiger partial charge in [-0.1, -0.05) is 46.4 Å². The lowest BCUT2D eigenvalue weighted by Crippen LogP contribution is -2.67. The molecule has 2 aromatic rings. The molecule has 0 fully saturated rings. The van der Waals surface area contributed by atoms with Crippen LogP contribution in [0.2, 0.25) is 20.6 Å². The lowest BCUT2D eigenvalue weighted by Gasteiger charge is -2.35. The number of nitrogens with one attached hydrogen (secondary N) is 2. The maximum absolute atomic E-state index is 14.1. The third-order valence-corrected chi connectivity index (χ3v) is 4.57. The molecule has 0 saturated carbocycles. The highest BCUT2D eigenvalue weighted by Crippen LogP contribution is 2.53. The molecule has 0 spiro atoms. The van der Waals surface area contributed by atoms with Gasteiger partial charge in [0.25, 0.3) is 0 Å². The quantitative estimate of drug-likeness (QED) is 0.302. The first-order valence-electron chi connectivity index (χ1n) is 8.13. The number of halogens is 12. The van der Waals surface area contributed by atoms with Crippen molar-refractivity contribution in [2.45, 2.75) is 23.7 Å². The predicted octanol–water partition coefficient (Wildman–Crippen LogP) is 6.21. The van der Waals surface area contributed by atoms with E-state index in [1.54, 1.807) is 0 Å². The van der Waals surface area contributed by atoms with Crippen molar-refractivity contribution in [2.75, 3.05) is 10.6 Å². The number of carbonyl (C=O) groups is 2. The van der Waals surface area contributed by atoms with Gasteiger partial charge in [0.15, 0.2) is 0 Å². The fraction of sp³-hybridized carbons (Fsp3) is 0.250. The Bertz CT molecular complexity index is 1010. The summed E-state index contributed by atoms with van der Waals surface area (Å²) in [6, 6.07) is 2.46. The van der Waals surface area contributed by atoms with Crippen molar-refractivity contribution in [3.63, 3.8) is 0 Å². The maximum atomic E-state index is 14.1. The molecule has 0 unspecified atom stereocenters. The summed E-state index contributed by atoms with van der Waals surface area (Å²) in [5.41, 5.74) is -1.60. The number of anilines is 2. The second-order valence-corrected chi connectivity index (χ2v) is 7.76. The van der Waals surface area contributed by atoms with Crippen LogP contribution in [-0.2, 0) is 9.59 Å². The monoisotopic (exact) mass is 578 g/mol. The normalized spacial score (nSPS) is 12.9. The van der Waals surface area contributed by atoms with Gasteiger partial charge >= 0.3 is 35.5 Å². The fourth-order valence-electron chi connectivity index (χ4n) is 2.17. The van der Waals surface area contributed by atoms with E-state index in [2.05, 4.69) is 9.97 Å². The Labute approximate surface area is 203 Å². The molecular weight excluding hydrogens is 574 g/mol. The van der Waals surface area contributed by atoms with E-state index in [4.69, 9.17) is 46.4 Å². The van der Waals surface area contributed by atoms with E-state index in [0.717, 1.165) is 10.6 Å². The molecule has 0 aromatic carbocycles. The number of hydrogen-bond donors (Lipinski definition) is 2. The van der Waals surface area contributed by atoms with Crippen molar-refractivity contribution in [2.24, 2.45) is 0 Å². The zero-order valence-electron chi connectivity index (χ0n) is 15.6. The highest BCUT2D eigenvalue weighted by molar-refractivity contribution is 6.33. The summed E-state index contributed by atoms with van der Waals surface area (Å²) in [4.78, 5) is 30.0. The SMILES string of the molecule is O=C(Nc1cc(Cl)nc(Cl)c1)C(F)(F)C(F)(F)C(F)(F)C(F)(F)C(=O)Nc1cc(Cl)nc(Cl)c1. The average molecular weight is 580 g/mol. The molecule has 186 valence electrons. The summed E-state index contributed by atoms with van der Waals surface area (Å²) in [5, 5.41) is 0.0633. The third kappa shape index (κ3) is 5.24. The van der Waals surface area contributed by atoms with E-state index in [1.807, 2.05) is 0 Å². The average Bonchev–Trinajstić information content (AvgIpc) is 2.65. The number of alkyl halides is 8. The van der Waals surface area contributed by atoms with Crippen LogP contribution in [0.5, 0.6) is 0 Å². The van der Waals surface area contributed by atoms with E-state index in [0.29, 0.717) is 24.3 Å². The lowest BCUT2D eigenvalue weighted by atomic mass is 9.97. The molecular formula is C16H6Cl4F8N4O2. The van der Waals surface area contributed by atoms with Gasteiger partial charge < -0.3 is 10.6 Å². The van der Waals surface area contributed by atoms with Crippen LogP contribution in [-0.4, -0.2) is 45.5 Å². The van der Waals surface area contributed by atoms with Crippen LogP contribution in [0.15, 0.2) is 24.3 Å². The van der Waals surface area contributed by atoms with Gasteiger partial charge in [0, 0.05) is 11.4 Å². The van der Waals surface area contributed by atoms with Crippen molar-refractivity contribution in [1.29, 1.82) is 0 Å². The first-order valence-corrected chi connectivity index (χ1v) is 9.64. The zero-order chi connectivity index (χ0) is 26.3. The summed E-state index contributed by atoms with van der Waals surface area (Å²) < 4.78 is 113. The topological polar surface area (TPSA) is 84.0 Å². The Morgan fingerprint density at radius 3 is 1.06 bits per heavy atom. The van der Waals surface area contributed by atoms with E-state index in [9.17, 15) is 44.7 Å².